The summed E-state index contributed by atoms with van der Waals surface area (Å²) in [5, 5.41) is 6.72. The second-order valence-corrected chi connectivity index (χ2v) is 8.86. The van der Waals surface area contributed by atoms with Crippen molar-refractivity contribution in [2.24, 2.45) is 11.7 Å². The number of primary amides is 1. The molecule has 2 amide bonds. The van der Waals surface area contributed by atoms with E-state index in [1.807, 2.05) is 0 Å². The van der Waals surface area contributed by atoms with E-state index in [2.05, 4.69) is 17.3 Å². The Labute approximate surface area is 169 Å². The first-order valence-corrected chi connectivity index (χ1v) is 10.4. The highest BCUT2D eigenvalue weighted by molar-refractivity contribution is 7.17. The van der Waals surface area contributed by atoms with Crippen LogP contribution in [0.2, 0.25) is 0 Å². The lowest BCUT2D eigenvalue weighted by molar-refractivity contribution is -0.142. The van der Waals surface area contributed by atoms with Gasteiger partial charge in [-0.2, -0.15) is 18.3 Å². The third kappa shape index (κ3) is 3.65. The van der Waals surface area contributed by atoms with E-state index in [4.69, 9.17) is 5.73 Å². The maximum absolute atomic E-state index is 13.2. The Morgan fingerprint density at radius 1 is 1.28 bits per heavy atom. The summed E-state index contributed by atoms with van der Waals surface area (Å²) in [6, 6.07) is 0. The van der Waals surface area contributed by atoms with E-state index in [0.29, 0.717) is 41.4 Å². The summed E-state index contributed by atoms with van der Waals surface area (Å²) in [6.45, 7) is 1.79. The number of rotatable bonds is 4. The molecule has 0 aromatic carbocycles. The van der Waals surface area contributed by atoms with Crippen molar-refractivity contribution in [2.45, 2.75) is 58.2 Å². The zero-order valence-electron chi connectivity index (χ0n) is 15.9. The number of hydrogen-bond donors (Lipinski definition) is 2. The van der Waals surface area contributed by atoms with E-state index >= 15 is 0 Å². The monoisotopic (exact) mass is 426 g/mol. The first-order chi connectivity index (χ1) is 13.6. The second-order valence-electron chi connectivity index (χ2n) is 7.75. The fourth-order valence-electron chi connectivity index (χ4n) is 4.27. The standard InChI is InChI=1S/C19H21F3N4O2S/c1-9-5-6-11-13(7-9)29-18(15(11)17(23)28)24-14(27)8-26-12-4-2-3-10(12)16(25-26)19(20,21)22/h9H,2-8H2,1H3,(H2,23,28)(H,24,27). The van der Waals surface area contributed by atoms with E-state index in [9.17, 15) is 22.8 Å². The van der Waals surface area contributed by atoms with Gasteiger partial charge >= 0.3 is 6.18 Å². The molecule has 3 N–H and O–H groups in total. The van der Waals surface area contributed by atoms with Gasteiger partial charge < -0.3 is 11.1 Å². The number of nitrogens with one attached hydrogen (secondary N) is 1. The Kier molecular flexibility index (Phi) is 4.92. The van der Waals surface area contributed by atoms with Gasteiger partial charge in [-0.05, 0) is 50.0 Å². The molecule has 0 radical (unpaired) electrons. The Hall–Kier alpha value is -2.36. The van der Waals surface area contributed by atoms with Crippen LogP contribution in [0.15, 0.2) is 0 Å². The van der Waals surface area contributed by atoms with Crippen LogP contribution < -0.4 is 11.1 Å². The molecular weight excluding hydrogens is 405 g/mol. The van der Waals surface area contributed by atoms with E-state index in [-0.39, 0.29) is 12.1 Å². The van der Waals surface area contributed by atoms with Crippen LogP contribution in [-0.2, 0) is 43.2 Å². The zero-order valence-corrected chi connectivity index (χ0v) is 16.7. The van der Waals surface area contributed by atoms with Gasteiger partial charge in [0.2, 0.25) is 5.91 Å². The molecule has 0 spiro atoms. The van der Waals surface area contributed by atoms with Crippen molar-refractivity contribution >= 4 is 28.2 Å². The van der Waals surface area contributed by atoms with E-state index in [0.717, 1.165) is 34.4 Å². The Morgan fingerprint density at radius 2 is 2.03 bits per heavy atom. The molecule has 0 bridgehead atoms. The fourth-order valence-corrected chi connectivity index (χ4v) is 5.70. The number of nitrogens with two attached hydrogens (primary N) is 1. The molecule has 1 unspecified atom stereocenters. The molecule has 4 rings (SSSR count). The maximum Gasteiger partial charge on any atom is 0.435 e. The largest absolute Gasteiger partial charge is 0.435 e. The highest BCUT2D eigenvalue weighted by Gasteiger charge is 2.40. The lowest BCUT2D eigenvalue weighted by Crippen LogP contribution is -2.23. The van der Waals surface area contributed by atoms with Gasteiger partial charge in [-0.25, -0.2) is 0 Å². The van der Waals surface area contributed by atoms with Crippen molar-refractivity contribution in [3.8, 4) is 0 Å². The topological polar surface area (TPSA) is 90.0 Å². The normalized spacial score (nSPS) is 18.4. The Bertz CT molecular complexity index is 993. The number of nitrogens with zero attached hydrogens (tertiary/aromatic N) is 2. The quantitative estimate of drug-likeness (QED) is 0.786. The SMILES string of the molecule is CC1CCc2c(sc(NC(=O)Cn3nc(C(F)(F)F)c4c3CCC4)c2C(N)=O)C1. The number of carbonyl (C=O) groups is 2. The average molecular weight is 426 g/mol. The number of anilines is 1. The lowest BCUT2D eigenvalue weighted by atomic mass is 9.88. The molecule has 0 saturated heterocycles. The maximum atomic E-state index is 13.2. The van der Waals surface area contributed by atoms with Crippen LogP contribution in [0.3, 0.4) is 0 Å². The van der Waals surface area contributed by atoms with Gasteiger partial charge in [-0.3, -0.25) is 14.3 Å². The molecule has 2 aliphatic rings. The van der Waals surface area contributed by atoms with Gasteiger partial charge in [0.05, 0.1) is 5.56 Å². The van der Waals surface area contributed by atoms with E-state index in [1.165, 1.54) is 11.3 Å². The van der Waals surface area contributed by atoms with Crippen LogP contribution >= 0.6 is 11.3 Å². The third-order valence-electron chi connectivity index (χ3n) is 5.58. The molecule has 2 aromatic heterocycles. The molecule has 0 aliphatic heterocycles. The summed E-state index contributed by atoms with van der Waals surface area (Å²) in [6.07, 6.45) is -0.674. The Morgan fingerprint density at radius 3 is 2.72 bits per heavy atom. The van der Waals surface area contributed by atoms with Crippen LogP contribution in [0, 0.1) is 5.92 Å². The number of carbonyl (C=O) groups excluding carboxylic acids is 2. The van der Waals surface area contributed by atoms with Crippen LogP contribution in [-0.4, -0.2) is 21.6 Å². The minimum absolute atomic E-state index is 0.184. The average Bonchev–Trinajstić information content (AvgIpc) is 3.27. The first kappa shape index (κ1) is 19.9. The smallest absolute Gasteiger partial charge is 0.365 e. The molecule has 0 saturated carbocycles. The summed E-state index contributed by atoms with van der Waals surface area (Å²) >= 11 is 1.33. The predicted molar refractivity (Wildman–Crippen MR) is 102 cm³/mol. The van der Waals surface area contributed by atoms with Crippen molar-refractivity contribution < 1.29 is 22.8 Å². The van der Waals surface area contributed by atoms with Gasteiger partial charge in [0.25, 0.3) is 5.91 Å². The number of alkyl halides is 3. The third-order valence-corrected chi connectivity index (χ3v) is 6.75. The molecule has 156 valence electrons. The van der Waals surface area contributed by atoms with Gasteiger partial charge in [-0.1, -0.05) is 6.92 Å². The predicted octanol–water partition coefficient (Wildman–Crippen LogP) is 3.31. The van der Waals surface area contributed by atoms with Crippen LogP contribution in [0.5, 0.6) is 0 Å². The summed E-state index contributed by atoms with van der Waals surface area (Å²) in [4.78, 5) is 25.6. The summed E-state index contributed by atoms with van der Waals surface area (Å²) in [5.41, 5.74) is 6.49. The second kappa shape index (κ2) is 7.16. The summed E-state index contributed by atoms with van der Waals surface area (Å²) < 4.78 is 40.8. The minimum atomic E-state index is -4.54. The fraction of sp³-hybridized carbons (Fsp3) is 0.526. The van der Waals surface area contributed by atoms with Gasteiger partial charge in [0.1, 0.15) is 11.5 Å². The van der Waals surface area contributed by atoms with Crippen LogP contribution in [0.4, 0.5) is 18.2 Å². The first-order valence-electron chi connectivity index (χ1n) is 9.55. The molecule has 1 atom stereocenters. The number of thiophene rings is 1. The van der Waals surface area contributed by atoms with Crippen molar-refractivity contribution in [3.63, 3.8) is 0 Å². The number of amides is 2. The Balaban J connectivity index is 1.58. The molecule has 10 heteroatoms. The van der Waals surface area contributed by atoms with E-state index in [1.54, 1.807) is 0 Å². The van der Waals surface area contributed by atoms with Crippen LogP contribution in [0.1, 0.15) is 57.5 Å². The number of halogens is 3. The highest BCUT2D eigenvalue weighted by atomic mass is 32.1. The number of aromatic nitrogens is 2. The highest BCUT2D eigenvalue weighted by Crippen LogP contribution is 2.40. The minimum Gasteiger partial charge on any atom is -0.365 e. The van der Waals surface area contributed by atoms with Gasteiger partial charge in [0.15, 0.2) is 5.69 Å². The lowest BCUT2D eigenvalue weighted by Gasteiger charge is -2.18. The molecular formula is C19H21F3N4O2S. The molecule has 6 nitrogen and oxygen atoms in total. The molecule has 2 aromatic rings. The van der Waals surface area contributed by atoms with Crippen molar-refractivity contribution in [1.29, 1.82) is 0 Å². The summed E-state index contributed by atoms with van der Waals surface area (Å²) in [7, 11) is 0. The van der Waals surface area contributed by atoms with Gasteiger partial charge in [-0.15, -0.1) is 11.3 Å². The van der Waals surface area contributed by atoms with E-state index < -0.39 is 23.7 Å². The van der Waals surface area contributed by atoms with Crippen molar-refractivity contribution in [2.75, 3.05) is 5.32 Å². The molecule has 0 fully saturated rings. The zero-order chi connectivity index (χ0) is 20.9. The molecule has 29 heavy (non-hydrogen) atoms. The molecule has 2 aliphatic carbocycles. The molecule has 2 heterocycles. The van der Waals surface area contributed by atoms with Gasteiger partial charge in [0, 0.05) is 16.1 Å². The van der Waals surface area contributed by atoms with Crippen molar-refractivity contribution in [3.05, 3.63) is 33.0 Å². The number of fused-ring (bicyclic) bond motifs is 2. The summed E-state index contributed by atoms with van der Waals surface area (Å²) in [5.74, 6) is -0.644. The number of hydrogen-bond acceptors (Lipinski definition) is 4. The van der Waals surface area contributed by atoms with Crippen LogP contribution in [0.25, 0.3) is 0 Å². The van der Waals surface area contributed by atoms with Crippen molar-refractivity contribution in [1.82, 2.24) is 9.78 Å².